The van der Waals surface area contributed by atoms with E-state index < -0.39 is 5.72 Å². The molecule has 0 fully saturated rings. The van der Waals surface area contributed by atoms with Gasteiger partial charge in [0.05, 0.1) is 20.8 Å². The topological polar surface area (TPSA) is 44.9 Å². The number of hydrogen-bond donors (Lipinski definition) is 1. The van der Waals surface area contributed by atoms with Gasteiger partial charge in [-0.15, -0.1) is 0 Å². The van der Waals surface area contributed by atoms with Crippen molar-refractivity contribution in [3.05, 3.63) is 52.5 Å². The fourth-order valence-electron chi connectivity index (χ4n) is 3.66. The third-order valence-electron chi connectivity index (χ3n) is 5.03. The third kappa shape index (κ3) is 3.22. The van der Waals surface area contributed by atoms with Crippen molar-refractivity contribution in [2.24, 2.45) is 0 Å². The second-order valence-electron chi connectivity index (χ2n) is 6.58. The largest absolute Gasteiger partial charge is 0.497 e. The van der Waals surface area contributed by atoms with Crippen LogP contribution in [0.15, 0.2) is 46.9 Å². The zero-order valence-electron chi connectivity index (χ0n) is 15.3. The van der Waals surface area contributed by atoms with Gasteiger partial charge < -0.3 is 14.6 Å². The second kappa shape index (κ2) is 7.37. The molecule has 0 unspecified atom stereocenters. The van der Waals surface area contributed by atoms with E-state index in [9.17, 15) is 5.11 Å². The SMILES string of the molecule is COc1ccc(OC)c(N2C[C@@](O)(c3ccc(Br)cc3)[N+]3=C2SCCC3)c1. The Balaban J connectivity index is 1.82. The van der Waals surface area contributed by atoms with Crippen molar-refractivity contribution in [2.45, 2.75) is 12.1 Å². The zero-order chi connectivity index (χ0) is 19.0. The number of aliphatic hydroxyl groups is 1. The molecule has 0 aromatic heterocycles. The highest BCUT2D eigenvalue weighted by Gasteiger charge is 2.53. The fourth-order valence-corrected chi connectivity index (χ4v) is 5.10. The van der Waals surface area contributed by atoms with Gasteiger partial charge in [-0.05, 0) is 42.4 Å². The van der Waals surface area contributed by atoms with Crippen LogP contribution in [0.2, 0.25) is 0 Å². The van der Waals surface area contributed by atoms with Crippen molar-refractivity contribution >= 4 is 38.5 Å². The Bertz CT molecular complexity index is 887. The van der Waals surface area contributed by atoms with Crippen molar-refractivity contribution in [1.29, 1.82) is 0 Å². The Morgan fingerprint density at radius 1 is 1.15 bits per heavy atom. The quantitative estimate of drug-likeness (QED) is 0.721. The number of ether oxygens (including phenoxy) is 2. The Labute approximate surface area is 171 Å². The second-order valence-corrected chi connectivity index (χ2v) is 8.56. The maximum absolute atomic E-state index is 11.7. The average Bonchev–Trinajstić information content (AvgIpc) is 3.02. The van der Waals surface area contributed by atoms with Crippen LogP contribution in [0.1, 0.15) is 12.0 Å². The summed E-state index contributed by atoms with van der Waals surface area (Å²) in [6.45, 7) is 1.25. The van der Waals surface area contributed by atoms with E-state index in [1.807, 2.05) is 42.5 Å². The molecule has 2 aliphatic rings. The van der Waals surface area contributed by atoms with Crippen molar-refractivity contribution in [1.82, 2.24) is 0 Å². The molecular formula is C20H22BrN2O3S+. The molecule has 2 heterocycles. The number of benzene rings is 2. The lowest BCUT2D eigenvalue weighted by molar-refractivity contribution is -0.656. The van der Waals surface area contributed by atoms with Gasteiger partial charge in [-0.1, -0.05) is 28.1 Å². The van der Waals surface area contributed by atoms with E-state index in [2.05, 4.69) is 25.4 Å². The average molecular weight is 450 g/mol. The molecule has 0 aliphatic carbocycles. The highest BCUT2D eigenvalue weighted by Crippen LogP contribution is 2.42. The minimum Gasteiger partial charge on any atom is -0.497 e. The zero-order valence-corrected chi connectivity index (χ0v) is 17.7. The number of amidine groups is 1. The van der Waals surface area contributed by atoms with Gasteiger partial charge >= 0.3 is 5.17 Å². The highest BCUT2D eigenvalue weighted by atomic mass is 79.9. The minimum absolute atomic E-state index is 0.431. The molecule has 1 atom stereocenters. The first kappa shape index (κ1) is 18.7. The molecule has 2 aliphatic heterocycles. The number of thioether (sulfide) groups is 1. The lowest BCUT2D eigenvalue weighted by atomic mass is 10.0. The van der Waals surface area contributed by atoms with Crippen molar-refractivity contribution in [3.8, 4) is 11.5 Å². The molecule has 1 N–H and O–H groups in total. The van der Waals surface area contributed by atoms with Gasteiger partial charge in [0.25, 0.3) is 5.72 Å². The molecule has 7 heteroatoms. The normalized spacial score (nSPS) is 22.0. The van der Waals surface area contributed by atoms with Gasteiger partial charge in [0.15, 0.2) is 18.0 Å². The number of anilines is 1. The summed E-state index contributed by atoms with van der Waals surface area (Å²) in [6, 6.07) is 13.7. The predicted octanol–water partition coefficient (Wildman–Crippen LogP) is 3.64. The Morgan fingerprint density at radius 2 is 1.93 bits per heavy atom. The standard InChI is InChI=1S/C20H22BrN2O3S/c1-25-16-8-9-18(26-2)17(12-16)22-13-20(24,14-4-6-15(21)7-5-14)23-10-3-11-27-19(22)23/h4-9,12,24H,3,10-11,13H2,1-2H3/q+1/t20-/m1/s1. The van der Waals surface area contributed by atoms with E-state index in [4.69, 9.17) is 9.47 Å². The molecule has 0 spiro atoms. The number of rotatable bonds is 4. The molecule has 2 aromatic rings. The molecule has 0 radical (unpaired) electrons. The van der Waals surface area contributed by atoms with Crippen LogP contribution in [0.5, 0.6) is 11.5 Å². The Morgan fingerprint density at radius 3 is 2.63 bits per heavy atom. The van der Waals surface area contributed by atoms with E-state index >= 15 is 0 Å². The number of hydrogen-bond acceptors (Lipinski definition) is 5. The van der Waals surface area contributed by atoms with E-state index in [1.54, 1.807) is 26.0 Å². The number of halogens is 1. The van der Waals surface area contributed by atoms with Crippen LogP contribution in [-0.2, 0) is 5.72 Å². The summed E-state index contributed by atoms with van der Waals surface area (Å²) in [5.41, 5.74) is 0.701. The van der Waals surface area contributed by atoms with Crippen molar-refractivity contribution in [3.63, 3.8) is 0 Å². The van der Waals surface area contributed by atoms with E-state index in [0.717, 1.165) is 51.1 Å². The Kier molecular flexibility index (Phi) is 5.09. The lowest BCUT2D eigenvalue weighted by Gasteiger charge is -2.24. The Hall–Kier alpha value is -1.70. The number of nitrogens with zero attached hydrogens (tertiary/aromatic N) is 2. The smallest absolute Gasteiger partial charge is 0.316 e. The summed E-state index contributed by atoms with van der Waals surface area (Å²) in [7, 11) is 3.32. The van der Waals surface area contributed by atoms with Crippen LogP contribution in [0.4, 0.5) is 5.69 Å². The van der Waals surface area contributed by atoms with Crippen LogP contribution >= 0.6 is 27.7 Å². The van der Waals surface area contributed by atoms with Gasteiger partial charge in [0.2, 0.25) is 0 Å². The summed E-state index contributed by atoms with van der Waals surface area (Å²) < 4.78 is 14.1. The fraction of sp³-hybridized carbons (Fsp3) is 0.350. The van der Waals surface area contributed by atoms with Crippen LogP contribution in [0, 0.1) is 0 Å². The van der Waals surface area contributed by atoms with Crippen LogP contribution in [0.25, 0.3) is 0 Å². The van der Waals surface area contributed by atoms with Gasteiger partial charge in [-0.2, -0.15) is 0 Å². The summed E-state index contributed by atoms with van der Waals surface area (Å²) in [5.74, 6) is 2.55. The van der Waals surface area contributed by atoms with Gasteiger partial charge in [-0.3, -0.25) is 0 Å². The summed E-state index contributed by atoms with van der Waals surface area (Å²) in [4.78, 5) is 2.15. The predicted molar refractivity (Wildman–Crippen MR) is 112 cm³/mol. The van der Waals surface area contributed by atoms with Gasteiger partial charge in [0, 0.05) is 21.9 Å². The number of methoxy groups -OCH3 is 2. The molecule has 0 saturated carbocycles. The molecule has 5 nitrogen and oxygen atoms in total. The molecule has 0 amide bonds. The summed E-state index contributed by atoms with van der Waals surface area (Å²) in [6.07, 6.45) is 1.04. The molecule has 2 aromatic carbocycles. The monoisotopic (exact) mass is 449 g/mol. The first-order valence-electron chi connectivity index (χ1n) is 8.82. The van der Waals surface area contributed by atoms with Gasteiger partial charge in [0.1, 0.15) is 5.75 Å². The van der Waals surface area contributed by atoms with Crippen LogP contribution in [-0.4, -0.2) is 47.9 Å². The van der Waals surface area contributed by atoms with Crippen LogP contribution in [0.3, 0.4) is 0 Å². The summed E-state index contributed by atoms with van der Waals surface area (Å²) >= 11 is 5.25. The molecule has 0 saturated heterocycles. The van der Waals surface area contributed by atoms with E-state index in [1.165, 1.54) is 0 Å². The molecule has 27 heavy (non-hydrogen) atoms. The molecule has 4 rings (SSSR count). The summed E-state index contributed by atoms with van der Waals surface area (Å²) in [5, 5.41) is 12.8. The highest BCUT2D eigenvalue weighted by molar-refractivity contribution is 9.10. The minimum atomic E-state index is -1.09. The third-order valence-corrected chi connectivity index (χ3v) is 6.75. The first-order chi connectivity index (χ1) is 13.1. The molecule has 142 valence electrons. The van der Waals surface area contributed by atoms with Gasteiger partial charge in [-0.25, -0.2) is 9.48 Å². The van der Waals surface area contributed by atoms with Crippen molar-refractivity contribution < 1.29 is 19.2 Å². The molecular weight excluding hydrogens is 428 g/mol. The molecule has 0 bridgehead atoms. The first-order valence-corrected chi connectivity index (χ1v) is 10.6. The van der Waals surface area contributed by atoms with E-state index in [-0.39, 0.29) is 0 Å². The maximum Gasteiger partial charge on any atom is 0.316 e. The van der Waals surface area contributed by atoms with E-state index in [0.29, 0.717) is 6.54 Å². The van der Waals surface area contributed by atoms with Crippen molar-refractivity contribution in [2.75, 3.05) is 38.0 Å². The maximum atomic E-state index is 11.7. The number of β-amino-alcohol motifs (C(OH)–C–C–N with tert-alkyl or cyclic N) is 1. The van der Waals surface area contributed by atoms with Crippen LogP contribution < -0.4 is 14.4 Å². The lowest BCUT2D eigenvalue weighted by Crippen LogP contribution is -2.41.